The molecule has 1 aliphatic rings. The van der Waals surface area contributed by atoms with Gasteiger partial charge in [0.2, 0.25) is 0 Å². The highest BCUT2D eigenvalue weighted by Gasteiger charge is 2.23. The molecule has 0 atom stereocenters. The van der Waals surface area contributed by atoms with Crippen molar-refractivity contribution in [2.24, 2.45) is 5.16 Å². The summed E-state index contributed by atoms with van der Waals surface area (Å²) in [5.41, 5.74) is 4.51. The van der Waals surface area contributed by atoms with Crippen LogP contribution < -0.4 is 0 Å². The van der Waals surface area contributed by atoms with Crippen molar-refractivity contribution in [2.75, 3.05) is 19.7 Å². The molecule has 0 N–H and O–H groups in total. The Bertz CT molecular complexity index is 1330. The molecule has 9 heteroatoms. The number of imidazole rings is 1. The molecule has 0 bridgehead atoms. The van der Waals surface area contributed by atoms with Crippen LogP contribution in [0.25, 0.3) is 5.65 Å². The van der Waals surface area contributed by atoms with E-state index in [1.54, 1.807) is 25.5 Å². The minimum atomic E-state index is -0.938. The number of nitrogens with zero attached hydrogens (tertiary/aromatic N) is 6. The lowest BCUT2D eigenvalue weighted by Crippen LogP contribution is -2.32. The van der Waals surface area contributed by atoms with Crippen LogP contribution in [0, 0.1) is 11.6 Å². The molecule has 5 rings (SSSR count). The van der Waals surface area contributed by atoms with Gasteiger partial charge in [-0.05, 0) is 62.7 Å². The first-order valence-electron chi connectivity index (χ1n) is 11.7. The second-order valence-electron chi connectivity index (χ2n) is 8.58. The van der Waals surface area contributed by atoms with Crippen LogP contribution in [-0.4, -0.2) is 49.7 Å². The first-order chi connectivity index (χ1) is 17.1. The number of rotatable bonds is 7. The fourth-order valence-electron chi connectivity index (χ4n) is 4.49. The van der Waals surface area contributed by atoms with Crippen molar-refractivity contribution in [3.05, 3.63) is 95.5 Å². The molecule has 0 unspecified atom stereocenters. The zero-order chi connectivity index (χ0) is 24.2. The van der Waals surface area contributed by atoms with Crippen LogP contribution in [0.5, 0.6) is 0 Å². The summed E-state index contributed by atoms with van der Waals surface area (Å²) in [5, 5.41) is 4.10. The third-order valence-electron chi connectivity index (χ3n) is 6.30. The van der Waals surface area contributed by atoms with Gasteiger partial charge in [-0.15, -0.1) is 0 Å². The predicted molar refractivity (Wildman–Crippen MR) is 128 cm³/mol. The highest BCUT2D eigenvalue weighted by molar-refractivity contribution is 6.11. The maximum atomic E-state index is 13.8. The minimum absolute atomic E-state index is 0.354. The molecule has 1 saturated heterocycles. The van der Waals surface area contributed by atoms with Gasteiger partial charge in [-0.2, -0.15) is 0 Å². The number of oxime groups is 1. The van der Waals surface area contributed by atoms with E-state index in [1.807, 2.05) is 24.5 Å². The first kappa shape index (κ1) is 23.0. The van der Waals surface area contributed by atoms with Gasteiger partial charge in [0.15, 0.2) is 17.3 Å². The highest BCUT2D eigenvalue weighted by Crippen LogP contribution is 2.29. The topological polar surface area (TPSA) is 67.9 Å². The molecule has 0 radical (unpaired) electrons. The number of aromatic nitrogens is 4. The van der Waals surface area contributed by atoms with Crippen LogP contribution in [-0.2, 0) is 11.4 Å². The average molecular weight is 477 g/mol. The van der Waals surface area contributed by atoms with Gasteiger partial charge in [-0.1, -0.05) is 11.2 Å². The summed E-state index contributed by atoms with van der Waals surface area (Å²) in [5.74, 6) is -1.38. The Hall–Kier alpha value is -3.72. The molecule has 3 aromatic heterocycles. The fraction of sp³-hybridized carbons (Fsp3) is 0.308. The van der Waals surface area contributed by atoms with E-state index in [9.17, 15) is 8.78 Å². The van der Waals surface area contributed by atoms with E-state index in [2.05, 4.69) is 29.4 Å². The van der Waals surface area contributed by atoms with Crippen LogP contribution in [0.3, 0.4) is 0 Å². The van der Waals surface area contributed by atoms with Gasteiger partial charge in [0.25, 0.3) is 0 Å². The second-order valence-corrected chi connectivity index (χ2v) is 8.58. The van der Waals surface area contributed by atoms with E-state index >= 15 is 0 Å². The molecule has 4 aromatic rings. The van der Waals surface area contributed by atoms with Crippen LogP contribution in [0.15, 0.2) is 66.5 Å². The fourth-order valence-corrected chi connectivity index (χ4v) is 4.49. The third kappa shape index (κ3) is 5.05. The molecule has 0 amide bonds. The SMILES string of the molecule is CCON=C(c1ccc(F)c(F)c1)c1ccc(CN2CCC(c3cnc4cnccn34)CC2)cn1. The molecule has 7 nitrogen and oxygen atoms in total. The zero-order valence-electron chi connectivity index (χ0n) is 19.4. The smallest absolute Gasteiger partial charge is 0.159 e. The number of benzene rings is 1. The zero-order valence-corrected chi connectivity index (χ0v) is 19.4. The van der Waals surface area contributed by atoms with Crippen molar-refractivity contribution in [3.8, 4) is 0 Å². The van der Waals surface area contributed by atoms with Crippen molar-refractivity contribution in [1.29, 1.82) is 0 Å². The Morgan fingerprint density at radius 1 is 1.06 bits per heavy atom. The van der Waals surface area contributed by atoms with Crippen molar-refractivity contribution in [1.82, 2.24) is 24.3 Å². The number of fused-ring (bicyclic) bond motifs is 1. The summed E-state index contributed by atoms with van der Waals surface area (Å²) < 4.78 is 29.3. The van der Waals surface area contributed by atoms with Gasteiger partial charge in [0.1, 0.15) is 12.3 Å². The quantitative estimate of drug-likeness (QED) is 0.289. The molecular formula is C26H26F2N6O. The van der Waals surface area contributed by atoms with Crippen LogP contribution in [0.2, 0.25) is 0 Å². The largest absolute Gasteiger partial charge is 0.396 e. The summed E-state index contributed by atoms with van der Waals surface area (Å²) in [6, 6.07) is 7.48. The van der Waals surface area contributed by atoms with Gasteiger partial charge in [0, 0.05) is 48.5 Å². The number of hydrogen-bond donors (Lipinski definition) is 0. The van der Waals surface area contributed by atoms with E-state index < -0.39 is 11.6 Å². The van der Waals surface area contributed by atoms with Crippen molar-refractivity contribution >= 4 is 11.4 Å². The summed E-state index contributed by atoms with van der Waals surface area (Å²) in [6.45, 7) is 4.92. The Balaban J connectivity index is 1.24. The molecular weight excluding hydrogens is 450 g/mol. The molecule has 1 aliphatic heterocycles. The van der Waals surface area contributed by atoms with E-state index in [1.165, 1.54) is 11.8 Å². The summed E-state index contributed by atoms with van der Waals surface area (Å²) in [7, 11) is 0. The first-order valence-corrected chi connectivity index (χ1v) is 11.7. The Morgan fingerprint density at radius 2 is 1.91 bits per heavy atom. The number of piperidine rings is 1. The van der Waals surface area contributed by atoms with Gasteiger partial charge in [-0.3, -0.25) is 14.9 Å². The summed E-state index contributed by atoms with van der Waals surface area (Å²) in [6.07, 6.45) is 11.4. The molecule has 35 heavy (non-hydrogen) atoms. The summed E-state index contributed by atoms with van der Waals surface area (Å²) in [4.78, 5) is 20.8. The van der Waals surface area contributed by atoms with Gasteiger partial charge in [0.05, 0.1) is 11.9 Å². The van der Waals surface area contributed by atoms with Gasteiger partial charge in [-0.25, -0.2) is 13.8 Å². The second kappa shape index (κ2) is 10.3. The van der Waals surface area contributed by atoms with E-state index in [4.69, 9.17) is 4.84 Å². The Labute approximate surface area is 202 Å². The van der Waals surface area contributed by atoms with Gasteiger partial charge >= 0.3 is 0 Å². The van der Waals surface area contributed by atoms with Crippen molar-refractivity contribution in [3.63, 3.8) is 0 Å². The minimum Gasteiger partial charge on any atom is -0.396 e. The molecule has 0 aliphatic carbocycles. The molecule has 0 saturated carbocycles. The summed E-state index contributed by atoms with van der Waals surface area (Å²) >= 11 is 0. The van der Waals surface area contributed by atoms with E-state index in [0.29, 0.717) is 29.5 Å². The van der Waals surface area contributed by atoms with Gasteiger partial charge < -0.3 is 9.24 Å². The maximum absolute atomic E-state index is 13.8. The van der Waals surface area contributed by atoms with Crippen molar-refractivity contribution < 1.29 is 13.6 Å². The number of pyridine rings is 1. The average Bonchev–Trinajstić information content (AvgIpc) is 3.32. The highest BCUT2D eigenvalue weighted by atomic mass is 19.2. The monoisotopic (exact) mass is 476 g/mol. The maximum Gasteiger partial charge on any atom is 0.159 e. The molecule has 1 fully saturated rings. The normalized spacial score (nSPS) is 15.6. The molecule has 4 heterocycles. The number of hydrogen-bond acceptors (Lipinski definition) is 6. The number of likely N-dealkylation sites (tertiary alicyclic amines) is 1. The molecule has 0 spiro atoms. The van der Waals surface area contributed by atoms with Crippen LogP contribution >= 0.6 is 0 Å². The molecule has 1 aromatic carbocycles. The lowest BCUT2D eigenvalue weighted by molar-refractivity contribution is 0.159. The van der Waals surface area contributed by atoms with Crippen LogP contribution in [0.4, 0.5) is 8.78 Å². The Morgan fingerprint density at radius 3 is 2.66 bits per heavy atom. The Kier molecular flexibility index (Phi) is 6.76. The standard InChI is InChI=1S/C26H26F2N6O/c1-2-35-32-26(20-4-5-21(27)22(28)13-20)23-6-3-18(14-30-23)17-33-10-7-19(8-11-33)24-15-31-25-16-29-9-12-34(24)25/h3-6,9,12-16,19H,2,7-8,10-11,17H2,1H3. The molecule has 180 valence electrons. The lowest BCUT2D eigenvalue weighted by atomic mass is 9.93. The van der Waals surface area contributed by atoms with Crippen molar-refractivity contribution in [2.45, 2.75) is 32.2 Å². The van der Waals surface area contributed by atoms with E-state index in [0.717, 1.165) is 55.8 Å². The predicted octanol–water partition coefficient (Wildman–Crippen LogP) is 4.57. The number of halogens is 2. The van der Waals surface area contributed by atoms with Crippen LogP contribution in [0.1, 0.15) is 48.2 Å². The lowest BCUT2D eigenvalue weighted by Gasteiger charge is -2.31. The third-order valence-corrected chi connectivity index (χ3v) is 6.30. The van der Waals surface area contributed by atoms with E-state index in [-0.39, 0.29) is 0 Å².